The first-order chi connectivity index (χ1) is 13.9. The van der Waals surface area contributed by atoms with Crippen LogP contribution in [-0.4, -0.2) is 54.6 Å². The molecule has 0 fully saturated rings. The summed E-state index contributed by atoms with van der Waals surface area (Å²) in [5.74, 6) is -7.52. The molecular formula is C22H22O8. The minimum absolute atomic E-state index is 0.0528. The molecule has 0 aliphatic heterocycles. The van der Waals surface area contributed by atoms with Gasteiger partial charge < -0.3 is 25.5 Å². The number of allylic oxidation sites excluding steroid dienone is 1. The molecule has 30 heavy (non-hydrogen) atoms. The van der Waals surface area contributed by atoms with E-state index in [1.807, 2.05) is 0 Å². The molecule has 1 aromatic carbocycles. The number of hydrogen-bond donors (Lipinski definition) is 5. The Balaban J connectivity index is 2.01. The van der Waals surface area contributed by atoms with Gasteiger partial charge in [-0.15, -0.1) is 0 Å². The van der Waals surface area contributed by atoms with Crippen molar-refractivity contribution < 1.29 is 39.9 Å². The number of Topliss-reactive ketones (excluding diaryl/α,β-unsaturated/α-hetero) is 3. The van der Waals surface area contributed by atoms with Gasteiger partial charge in [-0.05, 0) is 30.9 Å². The second kappa shape index (κ2) is 6.26. The van der Waals surface area contributed by atoms with E-state index in [0.29, 0.717) is 11.1 Å². The lowest BCUT2D eigenvalue weighted by molar-refractivity contribution is -0.154. The summed E-state index contributed by atoms with van der Waals surface area (Å²) in [5, 5.41) is 54.0. The average molecular weight is 414 g/mol. The van der Waals surface area contributed by atoms with Crippen LogP contribution in [0.25, 0.3) is 0 Å². The molecule has 0 aromatic heterocycles. The van der Waals surface area contributed by atoms with Gasteiger partial charge in [-0.2, -0.15) is 0 Å². The van der Waals surface area contributed by atoms with Gasteiger partial charge in [0, 0.05) is 23.8 Å². The van der Waals surface area contributed by atoms with E-state index in [4.69, 9.17) is 0 Å². The lowest BCUT2D eigenvalue weighted by Crippen LogP contribution is -2.62. The second-order valence-electron chi connectivity index (χ2n) is 8.38. The predicted molar refractivity (Wildman–Crippen MR) is 103 cm³/mol. The molecule has 0 heterocycles. The molecule has 0 bridgehead atoms. The van der Waals surface area contributed by atoms with E-state index in [9.17, 15) is 39.9 Å². The summed E-state index contributed by atoms with van der Waals surface area (Å²) in [5.41, 5.74) is -2.91. The fourth-order valence-electron chi connectivity index (χ4n) is 5.21. The third-order valence-electron chi connectivity index (χ3n) is 6.81. The smallest absolute Gasteiger partial charge is 0.209 e. The summed E-state index contributed by atoms with van der Waals surface area (Å²) < 4.78 is 0. The molecule has 0 saturated heterocycles. The normalized spacial score (nSPS) is 33.2. The van der Waals surface area contributed by atoms with Crippen LogP contribution in [0.3, 0.4) is 0 Å². The number of fused-ring (bicyclic) bond motifs is 3. The van der Waals surface area contributed by atoms with Crippen molar-refractivity contribution >= 4 is 17.3 Å². The lowest BCUT2D eigenvalue weighted by atomic mass is 9.56. The number of ketones is 3. The van der Waals surface area contributed by atoms with Crippen LogP contribution in [0.2, 0.25) is 0 Å². The molecule has 3 aliphatic rings. The molecule has 0 amide bonds. The highest BCUT2D eigenvalue weighted by Crippen LogP contribution is 2.55. The number of phenols is 1. The van der Waals surface area contributed by atoms with E-state index in [1.54, 1.807) is 26.0 Å². The van der Waals surface area contributed by atoms with Gasteiger partial charge in [0.15, 0.2) is 17.2 Å². The summed E-state index contributed by atoms with van der Waals surface area (Å²) in [6.45, 7) is 4.34. The van der Waals surface area contributed by atoms with Crippen LogP contribution in [-0.2, 0) is 9.59 Å². The Morgan fingerprint density at radius 2 is 1.80 bits per heavy atom. The number of phenolic OH excluding ortho intramolecular Hbond substituents is 1. The molecular weight excluding hydrogens is 392 g/mol. The monoisotopic (exact) mass is 414 g/mol. The molecule has 1 aromatic rings. The summed E-state index contributed by atoms with van der Waals surface area (Å²) >= 11 is 0. The molecule has 0 saturated carbocycles. The fourth-order valence-corrected chi connectivity index (χ4v) is 5.21. The first kappa shape index (κ1) is 20.3. The third kappa shape index (κ3) is 2.26. The highest BCUT2D eigenvalue weighted by molar-refractivity contribution is 6.25. The second-order valence-corrected chi connectivity index (χ2v) is 8.38. The number of carbonyl (C=O) groups is 3. The van der Waals surface area contributed by atoms with Crippen molar-refractivity contribution in [1.29, 1.82) is 0 Å². The van der Waals surface area contributed by atoms with E-state index < -0.39 is 70.3 Å². The molecule has 0 radical (unpaired) electrons. The van der Waals surface area contributed by atoms with Gasteiger partial charge in [-0.1, -0.05) is 19.1 Å². The van der Waals surface area contributed by atoms with Crippen molar-refractivity contribution in [3.8, 4) is 5.75 Å². The Labute approximate surface area is 171 Å². The number of aliphatic hydroxyl groups is 4. The van der Waals surface area contributed by atoms with Gasteiger partial charge >= 0.3 is 0 Å². The minimum Gasteiger partial charge on any atom is -0.511 e. The predicted octanol–water partition coefficient (Wildman–Crippen LogP) is 1.52. The number of aryl methyl sites for hydroxylation is 1. The minimum atomic E-state index is -2.73. The van der Waals surface area contributed by atoms with Crippen molar-refractivity contribution in [2.45, 2.75) is 44.8 Å². The number of aliphatic hydroxyl groups excluding tert-OH is 3. The maximum absolute atomic E-state index is 13.3. The van der Waals surface area contributed by atoms with Gasteiger partial charge in [-0.3, -0.25) is 14.4 Å². The summed E-state index contributed by atoms with van der Waals surface area (Å²) in [7, 11) is 0. The molecule has 5 atom stereocenters. The SMILES string of the molecule is CC(=O)C1=C(O)C[C@H]2[C@H](O)[C@@H]3C(=C(O)[C@@]2(O)C1=O)C(=O)c1c(ccc(C)c1O)[C@H]3C. The Bertz CT molecular complexity index is 1090. The van der Waals surface area contributed by atoms with Crippen molar-refractivity contribution in [2.75, 3.05) is 0 Å². The Morgan fingerprint density at radius 1 is 1.17 bits per heavy atom. The molecule has 3 aliphatic carbocycles. The molecule has 0 spiro atoms. The number of benzene rings is 1. The lowest BCUT2D eigenvalue weighted by Gasteiger charge is -2.50. The Kier molecular flexibility index (Phi) is 4.24. The number of hydrogen-bond acceptors (Lipinski definition) is 8. The highest BCUT2D eigenvalue weighted by atomic mass is 16.4. The first-order valence-corrected chi connectivity index (χ1v) is 9.63. The average Bonchev–Trinajstić information content (AvgIpc) is 2.67. The van der Waals surface area contributed by atoms with Crippen LogP contribution in [0.15, 0.2) is 34.8 Å². The van der Waals surface area contributed by atoms with Gasteiger partial charge in [0.2, 0.25) is 5.78 Å². The van der Waals surface area contributed by atoms with Crippen molar-refractivity contribution in [1.82, 2.24) is 0 Å². The first-order valence-electron chi connectivity index (χ1n) is 9.63. The largest absolute Gasteiger partial charge is 0.511 e. The van der Waals surface area contributed by atoms with Crippen molar-refractivity contribution in [3.63, 3.8) is 0 Å². The van der Waals surface area contributed by atoms with E-state index >= 15 is 0 Å². The van der Waals surface area contributed by atoms with E-state index in [2.05, 4.69) is 0 Å². The third-order valence-corrected chi connectivity index (χ3v) is 6.81. The molecule has 5 N–H and O–H groups in total. The van der Waals surface area contributed by atoms with Crippen LogP contribution in [0, 0.1) is 18.8 Å². The van der Waals surface area contributed by atoms with Crippen LogP contribution in [0.4, 0.5) is 0 Å². The van der Waals surface area contributed by atoms with Crippen LogP contribution >= 0.6 is 0 Å². The van der Waals surface area contributed by atoms with E-state index in [1.165, 1.54) is 0 Å². The Morgan fingerprint density at radius 3 is 2.40 bits per heavy atom. The zero-order valence-electron chi connectivity index (χ0n) is 16.6. The van der Waals surface area contributed by atoms with E-state index in [-0.39, 0.29) is 16.9 Å². The number of carbonyl (C=O) groups excluding carboxylic acids is 3. The maximum Gasteiger partial charge on any atom is 0.209 e. The zero-order valence-corrected chi connectivity index (χ0v) is 16.6. The zero-order chi connectivity index (χ0) is 22.3. The maximum atomic E-state index is 13.3. The highest BCUT2D eigenvalue weighted by Gasteiger charge is 2.63. The number of aromatic hydroxyl groups is 1. The molecule has 158 valence electrons. The Hall–Kier alpha value is -2.97. The fraction of sp³-hybridized carbons (Fsp3) is 0.409. The molecule has 8 nitrogen and oxygen atoms in total. The number of rotatable bonds is 1. The molecule has 4 rings (SSSR count). The standard InChI is InChI=1S/C22H22O8/c1-7-4-5-10-8(2)13-16(19(27)15(10)17(7)25)21(29)22(30)11(18(13)26)6-12(24)14(9(3)23)20(22)28/h4-5,8,11,13,18,24-26,29-30H,6H2,1-3H3/t8-,11+,13+,18+,22+/m1/s1. The molecule has 0 unspecified atom stereocenters. The van der Waals surface area contributed by atoms with E-state index in [0.717, 1.165) is 6.92 Å². The van der Waals surface area contributed by atoms with Gasteiger partial charge in [0.05, 0.1) is 11.7 Å². The summed E-state index contributed by atoms with van der Waals surface area (Å²) in [6.07, 6.45) is -1.89. The van der Waals surface area contributed by atoms with Crippen LogP contribution < -0.4 is 0 Å². The summed E-state index contributed by atoms with van der Waals surface area (Å²) in [4.78, 5) is 38.1. The summed E-state index contributed by atoms with van der Waals surface area (Å²) in [6, 6.07) is 3.29. The van der Waals surface area contributed by atoms with Crippen LogP contribution in [0.1, 0.15) is 47.7 Å². The van der Waals surface area contributed by atoms with Gasteiger partial charge in [-0.25, -0.2) is 0 Å². The molecule has 8 heteroatoms. The topological polar surface area (TPSA) is 152 Å². The van der Waals surface area contributed by atoms with Crippen molar-refractivity contribution in [3.05, 3.63) is 51.5 Å². The van der Waals surface area contributed by atoms with Gasteiger partial charge in [0.25, 0.3) is 0 Å². The van der Waals surface area contributed by atoms with Crippen molar-refractivity contribution in [2.24, 2.45) is 11.8 Å². The quantitative estimate of drug-likeness (QED) is 0.434. The van der Waals surface area contributed by atoms with Gasteiger partial charge in [0.1, 0.15) is 22.8 Å². The van der Waals surface area contributed by atoms with Crippen LogP contribution in [0.5, 0.6) is 5.75 Å².